The molecule has 0 bridgehead atoms. The van der Waals surface area contributed by atoms with E-state index < -0.39 is 0 Å². The molecular formula is C23H42N2O3. The highest BCUT2D eigenvalue weighted by Crippen LogP contribution is 2.54. The Morgan fingerprint density at radius 1 is 1.14 bits per heavy atom. The van der Waals surface area contributed by atoms with Gasteiger partial charge in [0.15, 0.2) is 5.79 Å². The highest BCUT2D eigenvalue weighted by molar-refractivity contribution is 5.31. The number of nitrogens with zero attached hydrogens (tertiary/aromatic N) is 2. The zero-order valence-corrected chi connectivity index (χ0v) is 19.3. The van der Waals surface area contributed by atoms with Gasteiger partial charge in [0.05, 0.1) is 18.9 Å². The molecule has 5 nitrogen and oxygen atoms in total. The van der Waals surface area contributed by atoms with Crippen molar-refractivity contribution in [2.75, 3.05) is 26.9 Å². The molecule has 0 N–H and O–H groups in total. The van der Waals surface area contributed by atoms with Crippen molar-refractivity contribution in [1.29, 1.82) is 0 Å². The van der Waals surface area contributed by atoms with Crippen LogP contribution in [0.2, 0.25) is 0 Å². The van der Waals surface area contributed by atoms with Crippen LogP contribution in [-0.2, 0) is 32.6 Å². The molecule has 2 aliphatic carbocycles. The fourth-order valence-corrected chi connectivity index (χ4v) is 5.14. The number of aromatic nitrogens is 2. The van der Waals surface area contributed by atoms with E-state index in [2.05, 4.69) is 18.4 Å². The average molecular weight is 395 g/mol. The summed E-state index contributed by atoms with van der Waals surface area (Å²) in [6.07, 6.45) is 6.52. The number of aryl methyl sites for hydroxylation is 1. The molecule has 3 aliphatic rings. The molecular weight excluding hydrogens is 352 g/mol. The Morgan fingerprint density at radius 2 is 1.82 bits per heavy atom. The van der Waals surface area contributed by atoms with Gasteiger partial charge >= 0.3 is 0 Å². The van der Waals surface area contributed by atoms with Gasteiger partial charge in [-0.1, -0.05) is 34.6 Å². The molecule has 1 aliphatic heterocycles. The summed E-state index contributed by atoms with van der Waals surface area (Å²) in [5, 5.41) is 0. The van der Waals surface area contributed by atoms with Gasteiger partial charge < -0.3 is 18.8 Å². The Morgan fingerprint density at radius 3 is 2.46 bits per heavy atom. The molecule has 4 rings (SSSR count). The molecule has 5 heteroatoms. The van der Waals surface area contributed by atoms with E-state index in [9.17, 15) is 0 Å². The van der Waals surface area contributed by atoms with Crippen LogP contribution in [-0.4, -0.2) is 42.3 Å². The summed E-state index contributed by atoms with van der Waals surface area (Å²) < 4.78 is 19.6. The van der Waals surface area contributed by atoms with Crippen LogP contribution in [0.5, 0.6) is 0 Å². The molecule has 162 valence electrons. The highest BCUT2D eigenvalue weighted by Gasteiger charge is 2.53. The lowest BCUT2D eigenvalue weighted by Crippen LogP contribution is -2.49. The van der Waals surface area contributed by atoms with E-state index in [1.807, 2.05) is 27.7 Å². The zero-order valence-electron chi connectivity index (χ0n) is 19.3. The molecule has 1 aromatic heterocycles. The number of hydrogen-bond donors (Lipinski definition) is 0. The SMILES string of the molecule is CC.CC.COCCCn1c(C)nc2c1CCC1CC3(CCC21C)OCCO3. The quantitative estimate of drug-likeness (QED) is 0.672. The summed E-state index contributed by atoms with van der Waals surface area (Å²) in [7, 11) is 1.77. The number of imidazole rings is 1. The summed E-state index contributed by atoms with van der Waals surface area (Å²) in [5.41, 5.74) is 2.99. The highest BCUT2D eigenvalue weighted by atomic mass is 16.7. The number of rotatable bonds is 4. The van der Waals surface area contributed by atoms with E-state index in [0.29, 0.717) is 5.92 Å². The lowest BCUT2D eigenvalue weighted by Gasteiger charge is -2.49. The van der Waals surface area contributed by atoms with E-state index in [-0.39, 0.29) is 11.2 Å². The summed E-state index contributed by atoms with van der Waals surface area (Å²) in [6, 6.07) is 0. The fraction of sp³-hybridized carbons (Fsp3) is 0.870. The summed E-state index contributed by atoms with van der Waals surface area (Å²) in [4.78, 5) is 5.04. The van der Waals surface area contributed by atoms with Crippen molar-refractivity contribution < 1.29 is 14.2 Å². The first-order valence-electron chi connectivity index (χ1n) is 11.4. The molecule has 0 radical (unpaired) electrons. The lowest BCUT2D eigenvalue weighted by molar-refractivity contribution is -0.199. The maximum absolute atomic E-state index is 6.00. The van der Waals surface area contributed by atoms with E-state index in [1.165, 1.54) is 17.8 Å². The molecule has 2 heterocycles. The van der Waals surface area contributed by atoms with Gasteiger partial charge in [0.25, 0.3) is 0 Å². The Hall–Kier alpha value is -0.910. The number of fused-ring (bicyclic) bond motifs is 3. The van der Waals surface area contributed by atoms with Gasteiger partial charge in [0.1, 0.15) is 5.82 Å². The van der Waals surface area contributed by atoms with Crippen LogP contribution in [0.4, 0.5) is 0 Å². The van der Waals surface area contributed by atoms with Crippen molar-refractivity contribution in [2.45, 2.75) is 97.8 Å². The van der Waals surface area contributed by atoms with Crippen LogP contribution in [0.1, 0.15) is 83.9 Å². The zero-order chi connectivity index (χ0) is 20.8. The molecule has 28 heavy (non-hydrogen) atoms. The third-order valence-corrected chi connectivity index (χ3v) is 6.56. The van der Waals surface area contributed by atoms with Gasteiger partial charge in [-0.15, -0.1) is 0 Å². The summed E-state index contributed by atoms with van der Waals surface area (Å²) in [6.45, 7) is 15.9. The largest absolute Gasteiger partial charge is 0.385 e. The molecule has 0 aromatic carbocycles. The van der Waals surface area contributed by atoms with Gasteiger partial charge in [-0.25, -0.2) is 4.98 Å². The lowest BCUT2D eigenvalue weighted by atomic mass is 9.59. The molecule has 1 aromatic rings. The van der Waals surface area contributed by atoms with Crippen LogP contribution in [0.15, 0.2) is 0 Å². The minimum atomic E-state index is -0.294. The predicted molar refractivity (Wildman–Crippen MR) is 114 cm³/mol. The Kier molecular flexibility index (Phi) is 8.53. The second-order valence-corrected chi connectivity index (χ2v) is 7.92. The molecule has 1 saturated heterocycles. The Bertz CT molecular complexity index is 607. The standard InChI is InChI=1S/C19H30N2O3.2C2H6/c1-14-20-17-16(21(14)9-4-10-22-3)6-5-15-13-19(23-11-12-24-19)8-7-18(15,17)2;2*1-2/h15H,4-13H2,1-3H3;2*1-2H3. The van der Waals surface area contributed by atoms with E-state index >= 15 is 0 Å². The van der Waals surface area contributed by atoms with Crippen molar-refractivity contribution in [3.8, 4) is 0 Å². The van der Waals surface area contributed by atoms with Gasteiger partial charge in [0.2, 0.25) is 0 Å². The first-order chi connectivity index (χ1) is 13.6. The van der Waals surface area contributed by atoms with Crippen LogP contribution in [0.25, 0.3) is 0 Å². The van der Waals surface area contributed by atoms with Gasteiger partial charge in [-0.3, -0.25) is 0 Å². The minimum absolute atomic E-state index is 0.172. The van der Waals surface area contributed by atoms with Crippen molar-refractivity contribution in [3.05, 3.63) is 17.2 Å². The topological polar surface area (TPSA) is 45.5 Å². The molecule has 2 unspecified atom stereocenters. The Labute approximate surface area is 172 Å². The van der Waals surface area contributed by atoms with Crippen molar-refractivity contribution in [1.82, 2.24) is 9.55 Å². The summed E-state index contributed by atoms with van der Waals surface area (Å²) in [5.74, 6) is 1.47. The predicted octanol–water partition coefficient (Wildman–Crippen LogP) is 5.03. The van der Waals surface area contributed by atoms with E-state index in [4.69, 9.17) is 19.2 Å². The van der Waals surface area contributed by atoms with E-state index in [1.54, 1.807) is 7.11 Å². The van der Waals surface area contributed by atoms with Gasteiger partial charge in [-0.2, -0.15) is 0 Å². The van der Waals surface area contributed by atoms with Crippen LogP contribution in [0.3, 0.4) is 0 Å². The minimum Gasteiger partial charge on any atom is -0.385 e. The van der Waals surface area contributed by atoms with Gasteiger partial charge in [-0.05, 0) is 38.5 Å². The Balaban J connectivity index is 0.000000660. The molecule has 2 fully saturated rings. The average Bonchev–Trinajstić information content (AvgIpc) is 3.31. The maximum Gasteiger partial charge on any atom is 0.168 e. The second kappa shape index (κ2) is 10.2. The summed E-state index contributed by atoms with van der Waals surface area (Å²) >= 11 is 0. The number of methoxy groups -OCH3 is 1. The molecule has 0 amide bonds. The smallest absolute Gasteiger partial charge is 0.168 e. The second-order valence-electron chi connectivity index (χ2n) is 7.92. The van der Waals surface area contributed by atoms with Crippen molar-refractivity contribution >= 4 is 0 Å². The van der Waals surface area contributed by atoms with Crippen LogP contribution in [0, 0.1) is 12.8 Å². The van der Waals surface area contributed by atoms with Crippen molar-refractivity contribution in [3.63, 3.8) is 0 Å². The maximum atomic E-state index is 6.00. The first-order valence-corrected chi connectivity index (χ1v) is 11.4. The van der Waals surface area contributed by atoms with Gasteiger partial charge in [0, 0.05) is 44.2 Å². The first kappa shape index (κ1) is 23.4. The number of ether oxygens (including phenoxy) is 3. The van der Waals surface area contributed by atoms with Crippen molar-refractivity contribution in [2.24, 2.45) is 5.92 Å². The molecule has 1 spiro atoms. The normalized spacial score (nSPS) is 27.2. The third kappa shape index (κ3) is 4.31. The van der Waals surface area contributed by atoms with Crippen LogP contribution < -0.4 is 0 Å². The van der Waals surface area contributed by atoms with E-state index in [0.717, 1.165) is 64.3 Å². The molecule has 1 saturated carbocycles. The third-order valence-electron chi connectivity index (χ3n) is 6.56. The molecule has 2 atom stereocenters. The number of hydrogen-bond acceptors (Lipinski definition) is 4. The monoisotopic (exact) mass is 394 g/mol. The fourth-order valence-electron chi connectivity index (χ4n) is 5.14. The van der Waals surface area contributed by atoms with Crippen LogP contribution >= 0.6 is 0 Å².